The predicted octanol–water partition coefficient (Wildman–Crippen LogP) is 4.12. The fraction of sp³-hybridized carbons (Fsp3) is 0.0769. The monoisotopic (exact) mass is 452 g/mol. The van der Waals surface area contributed by atoms with Crippen LogP contribution in [-0.2, 0) is 16.6 Å². The van der Waals surface area contributed by atoms with E-state index in [9.17, 15) is 8.42 Å². The SMILES string of the molecule is NCc1ccc(S(=O)(=O)Nc2c(Br)cccc2Br)cc1Cl. The molecule has 0 aromatic heterocycles. The normalized spacial score (nSPS) is 11.4. The second-order valence-corrected chi connectivity index (χ2v) is 7.96. The van der Waals surface area contributed by atoms with Crippen molar-refractivity contribution in [3.63, 3.8) is 0 Å². The lowest BCUT2D eigenvalue weighted by atomic mass is 10.2. The molecule has 2 aromatic rings. The van der Waals surface area contributed by atoms with E-state index in [2.05, 4.69) is 36.6 Å². The number of hydrogen-bond donors (Lipinski definition) is 2. The van der Waals surface area contributed by atoms with Gasteiger partial charge in [0.25, 0.3) is 10.0 Å². The van der Waals surface area contributed by atoms with Crippen molar-refractivity contribution >= 4 is 59.2 Å². The van der Waals surface area contributed by atoms with Crippen LogP contribution in [0.15, 0.2) is 50.2 Å². The first-order valence-electron chi connectivity index (χ1n) is 5.80. The Labute approximate surface area is 145 Å². The molecule has 2 aromatic carbocycles. The van der Waals surface area contributed by atoms with Gasteiger partial charge in [0.2, 0.25) is 0 Å². The molecule has 0 saturated heterocycles. The molecule has 3 N–H and O–H groups in total. The summed E-state index contributed by atoms with van der Waals surface area (Å²) in [7, 11) is -3.74. The average Bonchev–Trinajstić information content (AvgIpc) is 2.43. The lowest BCUT2D eigenvalue weighted by Gasteiger charge is -2.12. The van der Waals surface area contributed by atoms with E-state index < -0.39 is 10.0 Å². The number of benzene rings is 2. The third-order valence-corrected chi connectivity index (χ3v) is 5.77. The molecule has 0 atom stereocenters. The summed E-state index contributed by atoms with van der Waals surface area (Å²) in [6.45, 7) is 0.252. The van der Waals surface area contributed by atoms with E-state index in [1.807, 2.05) is 0 Å². The molecular weight excluding hydrogens is 443 g/mol. The van der Waals surface area contributed by atoms with Gasteiger partial charge in [-0.3, -0.25) is 4.72 Å². The minimum Gasteiger partial charge on any atom is -0.326 e. The molecule has 8 heteroatoms. The zero-order valence-electron chi connectivity index (χ0n) is 10.6. The van der Waals surface area contributed by atoms with Crippen LogP contribution in [0.5, 0.6) is 0 Å². The third-order valence-electron chi connectivity index (χ3n) is 2.75. The molecule has 0 aliphatic rings. The van der Waals surface area contributed by atoms with E-state index in [0.717, 1.165) is 0 Å². The number of nitrogens with one attached hydrogen (secondary N) is 1. The summed E-state index contributed by atoms with van der Waals surface area (Å²) in [6.07, 6.45) is 0. The Balaban J connectivity index is 2.41. The summed E-state index contributed by atoms with van der Waals surface area (Å²) in [6, 6.07) is 9.74. The van der Waals surface area contributed by atoms with Gasteiger partial charge in [0.05, 0.1) is 10.6 Å². The molecule has 0 spiro atoms. The van der Waals surface area contributed by atoms with Crippen LogP contribution in [0, 0.1) is 0 Å². The highest BCUT2D eigenvalue weighted by Crippen LogP contribution is 2.32. The lowest BCUT2D eigenvalue weighted by Crippen LogP contribution is -2.14. The quantitative estimate of drug-likeness (QED) is 0.730. The topological polar surface area (TPSA) is 72.2 Å². The van der Waals surface area contributed by atoms with Crippen LogP contribution < -0.4 is 10.5 Å². The highest BCUT2D eigenvalue weighted by Gasteiger charge is 2.18. The molecule has 0 radical (unpaired) electrons. The molecule has 2 rings (SSSR count). The number of para-hydroxylation sites is 1. The Bertz CT molecular complexity index is 761. The van der Waals surface area contributed by atoms with Gasteiger partial charge in [-0.25, -0.2) is 8.42 Å². The number of sulfonamides is 1. The number of anilines is 1. The van der Waals surface area contributed by atoms with Crippen molar-refractivity contribution in [2.75, 3.05) is 4.72 Å². The summed E-state index contributed by atoms with van der Waals surface area (Å²) < 4.78 is 28.6. The first-order chi connectivity index (χ1) is 9.85. The first-order valence-corrected chi connectivity index (χ1v) is 9.25. The van der Waals surface area contributed by atoms with Gasteiger partial charge in [-0.15, -0.1) is 0 Å². The maximum Gasteiger partial charge on any atom is 0.262 e. The molecule has 0 bridgehead atoms. The number of nitrogens with two attached hydrogens (primary N) is 1. The molecule has 21 heavy (non-hydrogen) atoms. The Morgan fingerprint density at radius 1 is 1.14 bits per heavy atom. The van der Waals surface area contributed by atoms with E-state index in [4.69, 9.17) is 17.3 Å². The van der Waals surface area contributed by atoms with E-state index in [1.54, 1.807) is 24.3 Å². The molecule has 0 unspecified atom stereocenters. The highest BCUT2D eigenvalue weighted by molar-refractivity contribution is 9.11. The minimum atomic E-state index is -3.74. The predicted molar refractivity (Wildman–Crippen MR) is 92.0 cm³/mol. The van der Waals surface area contributed by atoms with Gasteiger partial charge in [-0.1, -0.05) is 23.7 Å². The van der Waals surface area contributed by atoms with Gasteiger partial charge >= 0.3 is 0 Å². The summed E-state index contributed by atoms with van der Waals surface area (Å²) in [5.41, 5.74) is 6.63. The van der Waals surface area contributed by atoms with Gasteiger partial charge in [0, 0.05) is 20.5 Å². The van der Waals surface area contributed by atoms with Crippen molar-refractivity contribution < 1.29 is 8.42 Å². The summed E-state index contributed by atoms with van der Waals surface area (Å²) in [5.74, 6) is 0. The molecule has 0 aliphatic heterocycles. The standard InChI is InChI=1S/C13H11Br2ClN2O2S/c14-10-2-1-3-11(15)13(10)18-21(19,20)9-5-4-8(7-17)12(16)6-9/h1-6,18H,7,17H2. The van der Waals surface area contributed by atoms with Crippen LogP contribution in [-0.4, -0.2) is 8.42 Å². The zero-order valence-corrected chi connectivity index (χ0v) is 15.4. The molecule has 0 aliphatic carbocycles. The number of rotatable bonds is 4. The Hall–Kier alpha value is -0.600. The lowest BCUT2D eigenvalue weighted by molar-refractivity contribution is 0.601. The van der Waals surface area contributed by atoms with Gasteiger partial charge in [0.15, 0.2) is 0 Å². The van der Waals surface area contributed by atoms with Crippen LogP contribution >= 0.6 is 43.5 Å². The molecular formula is C13H11Br2ClN2O2S. The molecule has 0 heterocycles. The fourth-order valence-corrected chi connectivity index (χ4v) is 4.56. The van der Waals surface area contributed by atoms with Crippen molar-refractivity contribution in [3.05, 3.63) is 55.9 Å². The number of hydrogen-bond acceptors (Lipinski definition) is 3. The minimum absolute atomic E-state index is 0.0763. The van der Waals surface area contributed by atoms with Crippen molar-refractivity contribution in [1.82, 2.24) is 0 Å². The van der Waals surface area contributed by atoms with Crippen molar-refractivity contribution in [2.24, 2.45) is 5.73 Å². The van der Waals surface area contributed by atoms with E-state index in [0.29, 0.717) is 25.2 Å². The Morgan fingerprint density at radius 3 is 2.29 bits per heavy atom. The van der Waals surface area contributed by atoms with Crippen LogP contribution in [0.1, 0.15) is 5.56 Å². The molecule has 112 valence electrons. The van der Waals surface area contributed by atoms with Crippen LogP contribution in [0.3, 0.4) is 0 Å². The maximum absolute atomic E-state index is 12.4. The van der Waals surface area contributed by atoms with Crippen molar-refractivity contribution in [3.8, 4) is 0 Å². The van der Waals surface area contributed by atoms with Crippen LogP contribution in [0.4, 0.5) is 5.69 Å². The van der Waals surface area contributed by atoms with Gasteiger partial charge in [0.1, 0.15) is 0 Å². The van der Waals surface area contributed by atoms with E-state index >= 15 is 0 Å². The van der Waals surface area contributed by atoms with Gasteiger partial charge < -0.3 is 5.73 Å². The zero-order chi connectivity index (χ0) is 15.6. The largest absolute Gasteiger partial charge is 0.326 e. The smallest absolute Gasteiger partial charge is 0.262 e. The van der Waals surface area contributed by atoms with Crippen molar-refractivity contribution in [1.29, 1.82) is 0 Å². The summed E-state index contributed by atoms with van der Waals surface area (Å²) in [4.78, 5) is 0.0763. The average molecular weight is 455 g/mol. The first kappa shape index (κ1) is 16.8. The second kappa shape index (κ2) is 6.66. The molecule has 0 amide bonds. The fourth-order valence-electron chi connectivity index (χ4n) is 1.65. The number of halogens is 3. The summed E-state index contributed by atoms with van der Waals surface area (Å²) >= 11 is 12.6. The van der Waals surface area contributed by atoms with E-state index in [1.165, 1.54) is 12.1 Å². The second-order valence-electron chi connectivity index (χ2n) is 4.16. The molecule has 4 nitrogen and oxygen atoms in total. The van der Waals surface area contributed by atoms with Crippen molar-refractivity contribution in [2.45, 2.75) is 11.4 Å². The van der Waals surface area contributed by atoms with Crippen LogP contribution in [0.25, 0.3) is 0 Å². The molecule has 0 saturated carbocycles. The van der Waals surface area contributed by atoms with Crippen LogP contribution in [0.2, 0.25) is 5.02 Å². The third kappa shape index (κ3) is 3.78. The van der Waals surface area contributed by atoms with Gasteiger partial charge in [-0.2, -0.15) is 0 Å². The Morgan fingerprint density at radius 2 is 1.76 bits per heavy atom. The Kier molecular flexibility index (Phi) is 5.32. The molecule has 0 fully saturated rings. The summed E-state index contributed by atoms with van der Waals surface area (Å²) in [5, 5.41) is 0.326. The van der Waals surface area contributed by atoms with E-state index in [-0.39, 0.29) is 11.4 Å². The highest BCUT2D eigenvalue weighted by atomic mass is 79.9. The maximum atomic E-state index is 12.4. The van der Waals surface area contributed by atoms with Gasteiger partial charge in [-0.05, 0) is 61.7 Å².